The standard InChI is InChI=1S/C21H18BrO2P/c1-16-20(22)12-7-13-21(16)25(24,19-10-3-2-4-11-19)15-18-9-6-5-8-17(18)14-23/h2-14H,15H2,1H3. The Morgan fingerprint density at radius 2 is 1.60 bits per heavy atom. The Balaban J connectivity index is 2.22. The first-order valence-electron chi connectivity index (χ1n) is 7.99. The molecule has 0 aromatic heterocycles. The zero-order valence-corrected chi connectivity index (χ0v) is 16.3. The van der Waals surface area contributed by atoms with Gasteiger partial charge in [0.05, 0.1) is 0 Å². The molecule has 0 saturated carbocycles. The molecule has 0 fully saturated rings. The molecule has 1 unspecified atom stereocenters. The minimum absolute atomic E-state index is 0.323. The number of carbonyl (C=O) groups is 1. The van der Waals surface area contributed by atoms with Crippen LogP contribution in [-0.4, -0.2) is 6.29 Å². The first-order chi connectivity index (χ1) is 12.1. The van der Waals surface area contributed by atoms with Gasteiger partial charge in [0.25, 0.3) is 0 Å². The summed E-state index contributed by atoms with van der Waals surface area (Å²) in [6.07, 6.45) is 1.15. The van der Waals surface area contributed by atoms with E-state index in [9.17, 15) is 9.36 Å². The van der Waals surface area contributed by atoms with E-state index in [0.29, 0.717) is 11.7 Å². The highest BCUT2D eigenvalue weighted by Crippen LogP contribution is 2.48. The Morgan fingerprint density at radius 1 is 0.920 bits per heavy atom. The maximum absolute atomic E-state index is 14.3. The van der Waals surface area contributed by atoms with Crippen LogP contribution in [0.15, 0.2) is 77.3 Å². The van der Waals surface area contributed by atoms with Gasteiger partial charge < -0.3 is 4.57 Å². The van der Waals surface area contributed by atoms with Gasteiger partial charge in [-0.2, -0.15) is 0 Å². The van der Waals surface area contributed by atoms with Crippen LogP contribution in [0.4, 0.5) is 0 Å². The van der Waals surface area contributed by atoms with Crippen LogP contribution in [0.5, 0.6) is 0 Å². The summed E-state index contributed by atoms with van der Waals surface area (Å²) < 4.78 is 15.2. The average Bonchev–Trinajstić information content (AvgIpc) is 2.65. The summed E-state index contributed by atoms with van der Waals surface area (Å²) in [6.45, 7) is 1.97. The fourth-order valence-electron chi connectivity index (χ4n) is 3.00. The second-order valence-corrected chi connectivity index (χ2v) is 9.58. The molecule has 126 valence electrons. The molecule has 0 bridgehead atoms. The van der Waals surface area contributed by atoms with Gasteiger partial charge >= 0.3 is 0 Å². The van der Waals surface area contributed by atoms with Crippen LogP contribution >= 0.6 is 23.1 Å². The first kappa shape index (κ1) is 17.8. The van der Waals surface area contributed by atoms with Crippen molar-refractivity contribution in [2.24, 2.45) is 0 Å². The summed E-state index contributed by atoms with van der Waals surface area (Å²) >= 11 is 3.55. The SMILES string of the molecule is Cc1c(Br)cccc1P(=O)(Cc1ccccc1C=O)c1ccccc1. The van der Waals surface area contributed by atoms with Crippen LogP contribution in [0.1, 0.15) is 21.5 Å². The molecule has 0 aliphatic rings. The highest BCUT2D eigenvalue weighted by molar-refractivity contribution is 9.10. The zero-order valence-electron chi connectivity index (χ0n) is 13.9. The van der Waals surface area contributed by atoms with E-state index in [4.69, 9.17) is 0 Å². The van der Waals surface area contributed by atoms with E-state index in [1.165, 1.54) is 0 Å². The van der Waals surface area contributed by atoms with Crippen molar-refractivity contribution in [3.63, 3.8) is 0 Å². The lowest BCUT2D eigenvalue weighted by Gasteiger charge is -2.22. The lowest BCUT2D eigenvalue weighted by Crippen LogP contribution is -2.20. The summed E-state index contributed by atoms with van der Waals surface area (Å²) in [6, 6.07) is 22.7. The van der Waals surface area contributed by atoms with Crippen molar-refractivity contribution in [1.29, 1.82) is 0 Å². The van der Waals surface area contributed by atoms with E-state index in [1.54, 1.807) is 6.07 Å². The summed E-state index contributed by atoms with van der Waals surface area (Å²) in [5, 5.41) is 1.63. The number of hydrogen-bond donors (Lipinski definition) is 0. The summed E-state index contributed by atoms with van der Waals surface area (Å²) in [5.74, 6) is 0. The molecule has 1 atom stereocenters. The molecule has 25 heavy (non-hydrogen) atoms. The van der Waals surface area contributed by atoms with E-state index >= 15 is 0 Å². The van der Waals surface area contributed by atoms with Crippen molar-refractivity contribution >= 4 is 40.0 Å². The quantitative estimate of drug-likeness (QED) is 0.432. The third-order valence-electron chi connectivity index (χ3n) is 4.38. The predicted octanol–water partition coefficient (Wildman–Crippen LogP) is 5.08. The fraction of sp³-hybridized carbons (Fsp3) is 0.0952. The maximum Gasteiger partial charge on any atom is 0.150 e. The molecule has 0 aliphatic carbocycles. The van der Waals surface area contributed by atoms with Crippen LogP contribution in [0, 0.1) is 6.92 Å². The van der Waals surface area contributed by atoms with E-state index in [2.05, 4.69) is 15.9 Å². The molecule has 0 spiro atoms. The van der Waals surface area contributed by atoms with Gasteiger partial charge in [0.1, 0.15) is 13.4 Å². The van der Waals surface area contributed by atoms with Crippen LogP contribution < -0.4 is 10.6 Å². The normalized spacial score (nSPS) is 13.2. The molecule has 0 heterocycles. The highest BCUT2D eigenvalue weighted by atomic mass is 79.9. The third-order valence-corrected chi connectivity index (χ3v) is 8.42. The minimum Gasteiger partial charge on any atom is -0.313 e. The maximum atomic E-state index is 14.3. The number of hydrogen-bond acceptors (Lipinski definition) is 2. The second kappa shape index (κ2) is 7.51. The number of aldehydes is 1. The third kappa shape index (κ3) is 3.53. The van der Waals surface area contributed by atoms with Crippen molar-refractivity contribution in [2.75, 3.05) is 0 Å². The Labute approximate surface area is 156 Å². The number of rotatable bonds is 5. The van der Waals surface area contributed by atoms with Gasteiger partial charge in [0.2, 0.25) is 0 Å². The van der Waals surface area contributed by atoms with Gasteiger partial charge in [0.15, 0.2) is 0 Å². The molecule has 2 nitrogen and oxygen atoms in total. The molecule has 0 N–H and O–H groups in total. The summed E-state index contributed by atoms with van der Waals surface area (Å²) in [7, 11) is -2.94. The number of halogens is 1. The van der Waals surface area contributed by atoms with Crippen molar-refractivity contribution in [1.82, 2.24) is 0 Å². The average molecular weight is 413 g/mol. The summed E-state index contributed by atoms with van der Waals surface area (Å²) in [4.78, 5) is 11.4. The molecule has 3 aromatic carbocycles. The Kier molecular flexibility index (Phi) is 5.36. The zero-order chi connectivity index (χ0) is 17.9. The van der Waals surface area contributed by atoms with E-state index in [0.717, 1.165) is 32.5 Å². The molecule has 0 saturated heterocycles. The van der Waals surface area contributed by atoms with E-state index in [1.807, 2.05) is 73.7 Å². The van der Waals surface area contributed by atoms with Crippen molar-refractivity contribution in [3.05, 3.63) is 94.0 Å². The van der Waals surface area contributed by atoms with Crippen molar-refractivity contribution < 1.29 is 9.36 Å². The Morgan fingerprint density at radius 3 is 2.32 bits per heavy atom. The minimum atomic E-state index is -2.94. The van der Waals surface area contributed by atoms with Crippen LogP contribution in [-0.2, 0) is 10.7 Å². The summed E-state index contributed by atoms with van der Waals surface area (Å²) in [5.41, 5.74) is 2.37. The van der Waals surface area contributed by atoms with Gasteiger partial charge in [-0.05, 0) is 24.1 Å². The van der Waals surface area contributed by atoms with E-state index < -0.39 is 7.14 Å². The lowest BCUT2D eigenvalue weighted by atomic mass is 10.1. The molecule has 0 amide bonds. The fourth-order valence-corrected chi connectivity index (χ4v) is 6.57. The highest BCUT2D eigenvalue weighted by Gasteiger charge is 2.30. The topological polar surface area (TPSA) is 34.1 Å². The smallest absolute Gasteiger partial charge is 0.150 e. The number of carbonyl (C=O) groups excluding carboxylic acids is 1. The monoisotopic (exact) mass is 412 g/mol. The van der Waals surface area contributed by atoms with Gasteiger partial charge in [-0.3, -0.25) is 4.79 Å². The molecule has 3 rings (SSSR count). The van der Waals surface area contributed by atoms with Crippen LogP contribution in [0.3, 0.4) is 0 Å². The molecular formula is C21H18BrO2P. The molecule has 4 heteroatoms. The van der Waals surface area contributed by atoms with Gasteiger partial charge in [0, 0.05) is 26.8 Å². The first-order valence-corrected chi connectivity index (χ1v) is 10.7. The largest absolute Gasteiger partial charge is 0.313 e. The molecule has 0 aliphatic heterocycles. The molecule has 0 radical (unpaired) electrons. The van der Waals surface area contributed by atoms with E-state index in [-0.39, 0.29) is 0 Å². The predicted molar refractivity (Wildman–Crippen MR) is 108 cm³/mol. The van der Waals surface area contributed by atoms with Crippen LogP contribution in [0.2, 0.25) is 0 Å². The lowest BCUT2D eigenvalue weighted by molar-refractivity contribution is 0.112. The molecular weight excluding hydrogens is 395 g/mol. The van der Waals surface area contributed by atoms with Gasteiger partial charge in [-0.1, -0.05) is 82.7 Å². The Bertz CT molecular complexity index is 951. The molecule has 3 aromatic rings. The van der Waals surface area contributed by atoms with Crippen molar-refractivity contribution in [3.8, 4) is 0 Å². The van der Waals surface area contributed by atoms with Gasteiger partial charge in [-0.15, -0.1) is 0 Å². The number of benzene rings is 3. The van der Waals surface area contributed by atoms with Gasteiger partial charge in [-0.25, -0.2) is 0 Å². The Hall–Kier alpha value is -1.96. The van der Waals surface area contributed by atoms with Crippen molar-refractivity contribution in [2.45, 2.75) is 13.1 Å². The second-order valence-electron chi connectivity index (χ2n) is 5.93. The van der Waals surface area contributed by atoms with Crippen LogP contribution in [0.25, 0.3) is 0 Å².